The summed E-state index contributed by atoms with van der Waals surface area (Å²) in [5, 5.41) is 1.90. The van der Waals surface area contributed by atoms with E-state index in [9.17, 15) is 14.4 Å². The number of hydrogen-bond acceptors (Lipinski definition) is 8. The summed E-state index contributed by atoms with van der Waals surface area (Å²) in [6, 6.07) is 8.31. The zero-order valence-corrected chi connectivity index (χ0v) is 21.2. The molecule has 1 aliphatic rings. The van der Waals surface area contributed by atoms with Gasteiger partial charge in [-0.1, -0.05) is 33.3 Å². The minimum Gasteiger partial charge on any atom is -0.463 e. The van der Waals surface area contributed by atoms with Gasteiger partial charge < -0.3 is 9.47 Å². The molecule has 1 aliphatic heterocycles. The summed E-state index contributed by atoms with van der Waals surface area (Å²) in [4.78, 5) is 43.8. The van der Waals surface area contributed by atoms with Crippen LogP contribution in [-0.2, 0) is 14.3 Å². The Morgan fingerprint density at radius 2 is 2.09 bits per heavy atom. The highest BCUT2D eigenvalue weighted by Crippen LogP contribution is 2.33. The van der Waals surface area contributed by atoms with Crippen molar-refractivity contribution < 1.29 is 19.1 Å². The monoisotopic (exact) mass is 546 g/mol. The SMILES string of the molecule is CCOC(=O)C1=C(C)N=c2s/c(=C\c3cc(Br)ccc3OC(C)=O)c(=O)n2[C@H]1c1cccs1. The summed E-state index contributed by atoms with van der Waals surface area (Å²) in [6.45, 7) is 5.03. The predicted octanol–water partition coefficient (Wildman–Crippen LogP) is 3.55. The molecule has 0 spiro atoms. The number of carbonyl (C=O) groups is 2. The fourth-order valence-electron chi connectivity index (χ4n) is 3.53. The summed E-state index contributed by atoms with van der Waals surface area (Å²) in [7, 11) is 0. The summed E-state index contributed by atoms with van der Waals surface area (Å²) in [5.74, 6) is -0.605. The number of thiophene rings is 1. The van der Waals surface area contributed by atoms with Crippen molar-refractivity contribution in [2.24, 2.45) is 4.99 Å². The third kappa shape index (κ3) is 4.64. The molecule has 0 unspecified atom stereocenters. The van der Waals surface area contributed by atoms with Crippen molar-refractivity contribution in [2.45, 2.75) is 26.8 Å². The van der Waals surface area contributed by atoms with Gasteiger partial charge in [-0.3, -0.25) is 14.2 Å². The van der Waals surface area contributed by atoms with Crippen LogP contribution in [0, 0.1) is 0 Å². The molecule has 10 heteroatoms. The quantitative estimate of drug-likeness (QED) is 0.360. The first-order chi connectivity index (χ1) is 15.8. The number of thiazole rings is 1. The maximum atomic E-state index is 13.6. The molecule has 1 aromatic carbocycles. The lowest BCUT2D eigenvalue weighted by Crippen LogP contribution is -2.39. The number of nitrogens with zero attached hydrogens (tertiary/aromatic N) is 2. The Hall–Kier alpha value is -2.82. The number of carbonyl (C=O) groups excluding carboxylic acids is 2. The highest BCUT2D eigenvalue weighted by Gasteiger charge is 2.33. The Morgan fingerprint density at radius 1 is 1.30 bits per heavy atom. The molecule has 4 rings (SSSR count). The Labute approximate surface area is 205 Å². The third-order valence-corrected chi connectivity index (χ3v) is 7.24. The van der Waals surface area contributed by atoms with Crippen molar-refractivity contribution >= 4 is 56.6 Å². The van der Waals surface area contributed by atoms with Crippen LogP contribution in [0.4, 0.5) is 0 Å². The number of rotatable bonds is 5. The Morgan fingerprint density at radius 3 is 2.76 bits per heavy atom. The number of aromatic nitrogens is 1. The van der Waals surface area contributed by atoms with E-state index in [1.54, 1.807) is 38.1 Å². The van der Waals surface area contributed by atoms with Gasteiger partial charge in [-0.15, -0.1) is 11.3 Å². The van der Waals surface area contributed by atoms with Crippen LogP contribution in [0.3, 0.4) is 0 Å². The second-order valence-electron chi connectivity index (χ2n) is 7.09. The first kappa shape index (κ1) is 23.3. The number of hydrogen-bond donors (Lipinski definition) is 0. The lowest BCUT2D eigenvalue weighted by Gasteiger charge is -2.23. The molecule has 33 heavy (non-hydrogen) atoms. The van der Waals surface area contributed by atoms with Crippen LogP contribution in [0.5, 0.6) is 5.75 Å². The topological polar surface area (TPSA) is 87.0 Å². The largest absolute Gasteiger partial charge is 0.463 e. The van der Waals surface area contributed by atoms with Crippen LogP contribution in [0.25, 0.3) is 6.08 Å². The predicted molar refractivity (Wildman–Crippen MR) is 130 cm³/mol. The molecule has 0 radical (unpaired) electrons. The Bertz CT molecular complexity index is 1450. The summed E-state index contributed by atoms with van der Waals surface area (Å²) < 4.78 is 13.3. The van der Waals surface area contributed by atoms with E-state index in [0.717, 1.165) is 9.35 Å². The number of halogens is 1. The second-order valence-corrected chi connectivity index (χ2v) is 10.00. The van der Waals surface area contributed by atoms with Crippen LogP contribution in [0.15, 0.2) is 61.2 Å². The molecule has 2 aromatic heterocycles. The van der Waals surface area contributed by atoms with E-state index in [-0.39, 0.29) is 12.2 Å². The van der Waals surface area contributed by atoms with Crippen molar-refractivity contribution in [2.75, 3.05) is 6.61 Å². The van der Waals surface area contributed by atoms with Crippen molar-refractivity contribution in [3.63, 3.8) is 0 Å². The van der Waals surface area contributed by atoms with Gasteiger partial charge in [0.1, 0.15) is 11.8 Å². The lowest BCUT2D eigenvalue weighted by molar-refractivity contribution is -0.139. The van der Waals surface area contributed by atoms with Crippen LogP contribution in [-0.4, -0.2) is 23.1 Å². The summed E-state index contributed by atoms with van der Waals surface area (Å²) in [5.41, 5.74) is 1.14. The smallest absolute Gasteiger partial charge is 0.338 e. The second kappa shape index (κ2) is 9.58. The van der Waals surface area contributed by atoms with E-state index in [4.69, 9.17) is 9.47 Å². The molecule has 0 aliphatic carbocycles. The molecule has 0 saturated carbocycles. The first-order valence-electron chi connectivity index (χ1n) is 10.0. The van der Waals surface area contributed by atoms with E-state index in [1.165, 1.54) is 34.2 Å². The van der Waals surface area contributed by atoms with Gasteiger partial charge in [0, 0.05) is 21.8 Å². The van der Waals surface area contributed by atoms with Crippen molar-refractivity contribution in [1.82, 2.24) is 4.57 Å². The number of fused-ring (bicyclic) bond motifs is 1. The molecule has 170 valence electrons. The molecule has 0 fully saturated rings. The zero-order valence-electron chi connectivity index (χ0n) is 18.0. The highest BCUT2D eigenvalue weighted by atomic mass is 79.9. The average Bonchev–Trinajstić information content (AvgIpc) is 3.38. The van der Waals surface area contributed by atoms with Gasteiger partial charge in [-0.05, 0) is 49.6 Å². The van der Waals surface area contributed by atoms with Crippen molar-refractivity contribution in [3.05, 3.63) is 81.6 Å². The van der Waals surface area contributed by atoms with E-state index >= 15 is 0 Å². The lowest BCUT2D eigenvalue weighted by atomic mass is 10.0. The highest BCUT2D eigenvalue weighted by molar-refractivity contribution is 9.10. The van der Waals surface area contributed by atoms with Crippen molar-refractivity contribution in [3.8, 4) is 5.75 Å². The fourth-order valence-corrected chi connectivity index (χ4v) is 5.77. The van der Waals surface area contributed by atoms with E-state index in [1.807, 2.05) is 17.5 Å². The first-order valence-corrected chi connectivity index (χ1v) is 12.5. The fraction of sp³-hybridized carbons (Fsp3) is 0.217. The minimum atomic E-state index is -0.627. The molecule has 7 nitrogen and oxygen atoms in total. The van der Waals surface area contributed by atoms with Crippen LogP contribution in [0.1, 0.15) is 37.3 Å². The minimum absolute atomic E-state index is 0.221. The van der Waals surface area contributed by atoms with Gasteiger partial charge in [0.2, 0.25) is 0 Å². The molecule has 3 heterocycles. The normalized spacial score (nSPS) is 15.8. The molecular weight excluding hydrogens is 528 g/mol. The Balaban J connectivity index is 1.94. The van der Waals surface area contributed by atoms with E-state index in [0.29, 0.717) is 31.9 Å². The molecule has 3 aromatic rings. The average molecular weight is 547 g/mol. The van der Waals surface area contributed by atoms with Crippen molar-refractivity contribution in [1.29, 1.82) is 0 Å². The van der Waals surface area contributed by atoms with Gasteiger partial charge in [0.15, 0.2) is 4.80 Å². The third-order valence-electron chi connectivity index (χ3n) is 4.84. The van der Waals surface area contributed by atoms with Gasteiger partial charge >= 0.3 is 11.9 Å². The molecule has 0 amide bonds. The molecule has 0 bridgehead atoms. The summed E-state index contributed by atoms with van der Waals surface area (Å²) >= 11 is 6.09. The maximum Gasteiger partial charge on any atom is 0.338 e. The molecule has 1 atom stereocenters. The maximum absolute atomic E-state index is 13.6. The number of ether oxygens (including phenoxy) is 2. The van der Waals surface area contributed by atoms with Gasteiger partial charge in [0.05, 0.1) is 22.4 Å². The number of benzene rings is 1. The van der Waals surface area contributed by atoms with Crippen LogP contribution >= 0.6 is 38.6 Å². The zero-order chi connectivity index (χ0) is 23.7. The molecular formula is C23H19BrN2O5S2. The van der Waals surface area contributed by atoms with Crippen LogP contribution < -0.4 is 19.6 Å². The summed E-state index contributed by atoms with van der Waals surface area (Å²) in [6.07, 6.45) is 1.67. The molecule has 0 N–H and O–H groups in total. The van der Waals surface area contributed by atoms with Gasteiger partial charge in [0.25, 0.3) is 5.56 Å². The van der Waals surface area contributed by atoms with Gasteiger partial charge in [-0.25, -0.2) is 9.79 Å². The van der Waals surface area contributed by atoms with E-state index in [2.05, 4.69) is 20.9 Å². The Kier molecular flexibility index (Phi) is 6.78. The van der Waals surface area contributed by atoms with E-state index < -0.39 is 18.0 Å². The molecule has 0 saturated heterocycles. The van der Waals surface area contributed by atoms with Crippen LogP contribution in [0.2, 0.25) is 0 Å². The number of esters is 2. The standard InChI is InChI=1S/C23H19BrN2O5S2/c1-4-30-22(29)19-12(2)25-23-26(20(19)17-6-5-9-32-17)21(28)18(33-23)11-14-10-15(24)7-8-16(14)31-13(3)27/h5-11,20H,4H2,1-3H3/b18-11-/t20-/m0/s1. The number of allylic oxidation sites excluding steroid dienone is 1. The van der Waals surface area contributed by atoms with Gasteiger partial charge in [-0.2, -0.15) is 0 Å².